The van der Waals surface area contributed by atoms with Gasteiger partial charge in [-0.25, -0.2) is 0 Å². The molecule has 0 amide bonds. The topological polar surface area (TPSA) is 78.9 Å². The highest BCUT2D eigenvalue weighted by Gasteiger charge is 2.19. The molecule has 0 saturated heterocycles. The van der Waals surface area contributed by atoms with E-state index >= 15 is 0 Å². The molecule has 65 heavy (non-hydrogen) atoms. The number of rotatable bonds is 55. The van der Waals surface area contributed by atoms with Gasteiger partial charge in [0.1, 0.15) is 13.2 Å². The molecule has 0 rings (SSSR count). The van der Waals surface area contributed by atoms with Crippen molar-refractivity contribution >= 4 is 17.9 Å². The van der Waals surface area contributed by atoms with Crippen molar-refractivity contribution in [3.05, 3.63) is 0 Å². The first-order chi connectivity index (χ1) is 32.0. The van der Waals surface area contributed by atoms with E-state index in [9.17, 15) is 14.4 Å². The molecule has 6 heteroatoms. The Morgan fingerprint density at radius 3 is 0.615 bits per heavy atom. The molecule has 386 valence electrons. The molecule has 0 aromatic rings. The summed E-state index contributed by atoms with van der Waals surface area (Å²) >= 11 is 0. The molecule has 0 spiro atoms. The van der Waals surface area contributed by atoms with Crippen LogP contribution < -0.4 is 0 Å². The molecule has 0 fully saturated rings. The van der Waals surface area contributed by atoms with Crippen molar-refractivity contribution in [1.29, 1.82) is 0 Å². The zero-order chi connectivity index (χ0) is 47.2. The van der Waals surface area contributed by atoms with Crippen molar-refractivity contribution in [3.8, 4) is 0 Å². The molecule has 0 heterocycles. The van der Waals surface area contributed by atoms with Gasteiger partial charge in [-0.05, 0) is 19.3 Å². The van der Waals surface area contributed by atoms with Crippen molar-refractivity contribution in [1.82, 2.24) is 0 Å². The molecule has 0 aliphatic carbocycles. The number of hydrogen-bond donors (Lipinski definition) is 0. The monoisotopic (exact) mass is 919 g/mol. The summed E-state index contributed by atoms with van der Waals surface area (Å²) in [6.07, 6.45) is 61.0. The van der Waals surface area contributed by atoms with Gasteiger partial charge >= 0.3 is 17.9 Å². The van der Waals surface area contributed by atoms with E-state index in [4.69, 9.17) is 14.2 Å². The molecule has 0 radical (unpaired) electrons. The third-order valence-electron chi connectivity index (χ3n) is 13.6. The summed E-state index contributed by atoms with van der Waals surface area (Å²) in [6, 6.07) is 0. The van der Waals surface area contributed by atoms with E-state index < -0.39 is 6.10 Å². The molecule has 0 aliphatic rings. The number of hydrogen-bond acceptors (Lipinski definition) is 6. The van der Waals surface area contributed by atoms with Crippen LogP contribution in [0.2, 0.25) is 0 Å². The third-order valence-corrected chi connectivity index (χ3v) is 13.6. The van der Waals surface area contributed by atoms with Gasteiger partial charge in [-0.3, -0.25) is 14.4 Å². The molecule has 0 saturated carbocycles. The van der Waals surface area contributed by atoms with Crippen molar-refractivity contribution < 1.29 is 28.6 Å². The van der Waals surface area contributed by atoms with Gasteiger partial charge in [0, 0.05) is 19.3 Å². The lowest BCUT2D eigenvalue weighted by Gasteiger charge is -2.18. The van der Waals surface area contributed by atoms with Crippen molar-refractivity contribution in [2.45, 2.75) is 348 Å². The third kappa shape index (κ3) is 53.2. The van der Waals surface area contributed by atoms with Crippen LogP contribution in [-0.4, -0.2) is 37.2 Å². The number of unbranched alkanes of at least 4 members (excludes halogenated alkanes) is 44. The Balaban J connectivity index is 4.24. The predicted molar refractivity (Wildman–Crippen MR) is 280 cm³/mol. The molecule has 0 atom stereocenters. The minimum atomic E-state index is -0.761. The molecule has 0 aromatic carbocycles. The summed E-state index contributed by atoms with van der Waals surface area (Å²) in [5.41, 5.74) is 0. The quantitative estimate of drug-likeness (QED) is 0.0344. The van der Waals surface area contributed by atoms with E-state index in [1.165, 1.54) is 244 Å². The highest BCUT2D eigenvalue weighted by atomic mass is 16.6. The van der Waals surface area contributed by atoms with Crippen LogP contribution in [0.3, 0.4) is 0 Å². The lowest BCUT2D eigenvalue weighted by molar-refractivity contribution is -0.167. The van der Waals surface area contributed by atoms with Crippen molar-refractivity contribution in [2.24, 2.45) is 0 Å². The normalized spacial score (nSPS) is 11.4. The summed E-state index contributed by atoms with van der Waals surface area (Å²) in [6.45, 7) is 6.71. The summed E-state index contributed by atoms with van der Waals surface area (Å²) in [4.78, 5) is 38.1. The summed E-state index contributed by atoms with van der Waals surface area (Å²) < 4.78 is 16.9. The van der Waals surface area contributed by atoms with Crippen LogP contribution in [0.5, 0.6) is 0 Å². The average Bonchev–Trinajstić information content (AvgIpc) is 3.30. The maximum atomic E-state index is 12.9. The lowest BCUT2D eigenvalue weighted by Crippen LogP contribution is -2.30. The first-order valence-corrected chi connectivity index (χ1v) is 29.5. The number of esters is 3. The Bertz CT molecular complexity index is 921. The first kappa shape index (κ1) is 63.4. The Labute approximate surface area is 406 Å². The van der Waals surface area contributed by atoms with Gasteiger partial charge in [0.25, 0.3) is 0 Å². The molecule has 0 bridgehead atoms. The summed E-state index contributed by atoms with van der Waals surface area (Å²) in [7, 11) is 0. The van der Waals surface area contributed by atoms with Gasteiger partial charge in [0.15, 0.2) is 6.10 Å². The molecule has 6 nitrogen and oxygen atoms in total. The van der Waals surface area contributed by atoms with Gasteiger partial charge in [0.05, 0.1) is 0 Å². The van der Waals surface area contributed by atoms with E-state index in [-0.39, 0.29) is 31.1 Å². The van der Waals surface area contributed by atoms with Gasteiger partial charge in [0.2, 0.25) is 0 Å². The molecular weight excluding hydrogens is 805 g/mol. The molecule has 0 N–H and O–H groups in total. The second-order valence-corrected chi connectivity index (χ2v) is 20.3. The standard InChI is InChI=1S/C59H114O6/c1-4-7-10-13-16-19-22-25-26-27-28-29-30-31-32-35-38-41-44-47-50-53-59(62)65-56(54-63-57(60)51-48-45-42-39-36-33-23-20-17-14-11-8-5-2)55-64-58(61)52-49-46-43-40-37-34-24-21-18-15-12-9-6-3/h56H,4-55H2,1-3H3. The zero-order valence-corrected chi connectivity index (χ0v) is 44.3. The largest absolute Gasteiger partial charge is 0.462 e. The lowest BCUT2D eigenvalue weighted by atomic mass is 10.0. The predicted octanol–water partition coefficient (Wildman–Crippen LogP) is 19.5. The van der Waals surface area contributed by atoms with Gasteiger partial charge in [-0.15, -0.1) is 0 Å². The van der Waals surface area contributed by atoms with Crippen LogP contribution in [0.1, 0.15) is 342 Å². The Hall–Kier alpha value is -1.59. The Morgan fingerprint density at radius 2 is 0.415 bits per heavy atom. The van der Waals surface area contributed by atoms with E-state index in [1.54, 1.807) is 0 Å². The molecule has 0 aromatic heterocycles. The van der Waals surface area contributed by atoms with Crippen LogP contribution >= 0.6 is 0 Å². The smallest absolute Gasteiger partial charge is 0.306 e. The fraction of sp³-hybridized carbons (Fsp3) is 0.949. The highest BCUT2D eigenvalue weighted by Crippen LogP contribution is 2.18. The van der Waals surface area contributed by atoms with E-state index in [2.05, 4.69) is 20.8 Å². The maximum Gasteiger partial charge on any atom is 0.306 e. The summed E-state index contributed by atoms with van der Waals surface area (Å²) in [5.74, 6) is -0.832. The molecule has 0 unspecified atom stereocenters. The number of carbonyl (C=O) groups excluding carboxylic acids is 3. The van der Waals surface area contributed by atoms with Crippen LogP contribution in [0.4, 0.5) is 0 Å². The van der Waals surface area contributed by atoms with Gasteiger partial charge in [-0.1, -0.05) is 303 Å². The first-order valence-electron chi connectivity index (χ1n) is 29.5. The van der Waals surface area contributed by atoms with Gasteiger partial charge < -0.3 is 14.2 Å². The molecule has 0 aliphatic heterocycles. The fourth-order valence-corrected chi connectivity index (χ4v) is 9.15. The Kier molecular flexibility index (Phi) is 53.7. The minimum Gasteiger partial charge on any atom is -0.462 e. The second kappa shape index (κ2) is 55.0. The SMILES string of the molecule is CCCCCCCCCCCCCCCCCCCCCCCC(=O)OC(COC(=O)CCCCCCCCCCCCCCC)COC(=O)CCCCCCCCCCCCCCC. The maximum absolute atomic E-state index is 12.9. The van der Waals surface area contributed by atoms with E-state index in [1.807, 2.05) is 0 Å². The van der Waals surface area contributed by atoms with Gasteiger partial charge in [-0.2, -0.15) is 0 Å². The Morgan fingerprint density at radius 1 is 0.246 bits per heavy atom. The fourth-order valence-electron chi connectivity index (χ4n) is 9.15. The second-order valence-electron chi connectivity index (χ2n) is 20.3. The number of carbonyl (C=O) groups is 3. The van der Waals surface area contributed by atoms with Crippen LogP contribution in [0.25, 0.3) is 0 Å². The molecular formula is C59H114O6. The minimum absolute atomic E-state index is 0.0612. The highest BCUT2D eigenvalue weighted by molar-refractivity contribution is 5.71. The average molecular weight is 920 g/mol. The van der Waals surface area contributed by atoms with E-state index in [0.29, 0.717) is 19.3 Å². The van der Waals surface area contributed by atoms with Crippen molar-refractivity contribution in [3.63, 3.8) is 0 Å². The number of ether oxygens (including phenoxy) is 3. The van der Waals surface area contributed by atoms with Crippen LogP contribution in [-0.2, 0) is 28.6 Å². The zero-order valence-electron chi connectivity index (χ0n) is 44.3. The van der Waals surface area contributed by atoms with E-state index in [0.717, 1.165) is 57.8 Å². The van der Waals surface area contributed by atoms with Crippen LogP contribution in [0.15, 0.2) is 0 Å². The van der Waals surface area contributed by atoms with Crippen LogP contribution in [0, 0.1) is 0 Å². The van der Waals surface area contributed by atoms with Crippen molar-refractivity contribution in [2.75, 3.05) is 13.2 Å². The summed E-state index contributed by atoms with van der Waals surface area (Å²) in [5, 5.41) is 0.